The molecule has 3 rings (SSSR count). The second-order valence-corrected chi connectivity index (χ2v) is 5.61. The van der Waals surface area contributed by atoms with Crippen LogP contribution in [-0.2, 0) is 6.54 Å². The highest BCUT2D eigenvalue weighted by atomic mass is 35.5. The lowest BCUT2D eigenvalue weighted by Gasteiger charge is -2.03. The van der Waals surface area contributed by atoms with Crippen molar-refractivity contribution in [3.8, 4) is 0 Å². The van der Waals surface area contributed by atoms with E-state index in [1.54, 1.807) is 9.95 Å². The van der Waals surface area contributed by atoms with Crippen LogP contribution in [0.15, 0.2) is 22.3 Å². The zero-order valence-corrected chi connectivity index (χ0v) is 11.8. The van der Waals surface area contributed by atoms with E-state index in [1.165, 1.54) is 12.1 Å². The molecule has 4 nitrogen and oxygen atoms in total. The van der Waals surface area contributed by atoms with E-state index in [0.29, 0.717) is 22.3 Å². The van der Waals surface area contributed by atoms with E-state index in [2.05, 4.69) is 9.97 Å². The number of rotatable bonds is 2. The van der Waals surface area contributed by atoms with Gasteiger partial charge in [-0.3, -0.25) is 4.79 Å². The molecule has 0 fully saturated rings. The largest absolute Gasteiger partial charge is 0.330 e. The molecule has 2 N–H and O–H groups in total. The summed E-state index contributed by atoms with van der Waals surface area (Å²) in [5, 5.41) is 1.77. The summed E-state index contributed by atoms with van der Waals surface area (Å²) in [4.78, 5) is 16.6. The Labute approximate surface area is 120 Å². The molecular weight excluding hydrogens is 309 g/mol. The van der Waals surface area contributed by atoms with Gasteiger partial charge in [0.1, 0.15) is 5.82 Å². The van der Waals surface area contributed by atoms with E-state index in [-0.39, 0.29) is 9.90 Å². The highest BCUT2D eigenvalue weighted by Gasteiger charge is 2.10. The van der Waals surface area contributed by atoms with Gasteiger partial charge in [-0.1, -0.05) is 22.9 Å². The minimum absolute atomic E-state index is 0.0362. The molecule has 0 saturated carbocycles. The molecule has 0 aliphatic rings. The van der Waals surface area contributed by atoms with Crippen molar-refractivity contribution >= 4 is 46.2 Å². The summed E-state index contributed by atoms with van der Waals surface area (Å²) in [5.41, 5.74) is 2.01. The molecule has 3 aromatic rings. The molecule has 2 aromatic heterocycles. The van der Waals surface area contributed by atoms with Crippen molar-refractivity contribution < 1.29 is 4.39 Å². The van der Waals surface area contributed by atoms with E-state index >= 15 is 0 Å². The maximum Gasteiger partial charge on any atom is 0.304 e. The van der Waals surface area contributed by atoms with Crippen LogP contribution >= 0.6 is 35.2 Å². The molecule has 1 aromatic carbocycles. The summed E-state index contributed by atoms with van der Waals surface area (Å²) >= 11 is 12.1. The summed E-state index contributed by atoms with van der Waals surface area (Å²) < 4.78 is 15.6. The Balaban J connectivity index is 2.17. The summed E-state index contributed by atoms with van der Waals surface area (Å²) in [6, 6.07) is 2.82. The van der Waals surface area contributed by atoms with Gasteiger partial charge >= 0.3 is 4.87 Å². The van der Waals surface area contributed by atoms with Crippen molar-refractivity contribution in [1.82, 2.24) is 14.5 Å². The molecule has 98 valence electrons. The lowest BCUT2D eigenvalue weighted by atomic mass is 10.3. The Kier molecular flexibility index (Phi) is 3.04. The van der Waals surface area contributed by atoms with E-state index in [0.717, 1.165) is 17.0 Å². The lowest BCUT2D eigenvalue weighted by molar-refractivity contribution is 0.629. The minimum Gasteiger partial charge on any atom is -0.330 e. The van der Waals surface area contributed by atoms with E-state index in [4.69, 9.17) is 23.8 Å². The number of aromatic amines is 2. The molecular formula is C11H7ClFN3OS2. The number of nitrogens with zero attached hydrogens (tertiary/aromatic N) is 1. The average Bonchev–Trinajstić information content (AvgIpc) is 2.87. The van der Waals surface area contributed by atoms with Crippen molar-refractivity contribution in [3.05, 3.63) is 48.5 Å². The number of thiazole rings is 1. The predicted octanol–water partition coefficient (Wildman–Crippen LogP) is 3.29. The molecule has 0 aliphatic heterocycles. The fraction of sp³-hybridized carbons (Fsp3) is 0.0909. The maximum absolute atomic E-state index is 13.4. The second-order valence-electron chi connectivity index (χ2n) is 3.97. The second kappa shape index (κ2) is 4.59. The highest BCUT2D eigenvalue weighted by molar-refractivity contribution is 7.71. The molecule has 0 spiro atoms. The third kappa shape index (κ3) is 2.24. The van der Waals surface area contributed by atoms with Crippen LogP contribution in [-0.4, -0.2) is 14.5 Å². The third-order valence-corrected chi connectivity index (χ3v) is 4.05. The number of imidazole rings is 1. The van der Waals surface area contributed by atoms with Crippen LogP contribution in [0, 0.1) is 10.6 Å². The molecule has 19 heavy (non-hydrogen) atoms. The Morgan fingerprint density at radius 1 is 1.42 bits per heavy atom. The fourth-order valence-corrected chi connectivity index (χ4v) is 2.87. The van der Waals surface area contributed by atoms with Gasteiger partial charge in [0.25, 0.3) is 0 Å². The zero-order chi connectivity index (χ0) is 13.6. The van der Waals surface area contributed by atoms with Crippen LogP contribution < -0.4 is 4.87 Å². The molecule has 0 unspecified atom stereocenters. The quantitative estimate of drug-likeness (QED) is 0.713. The van der Waals surface area contributed by atoms with Crippen molar-refractivity contribution in [1.29, 1.82) is 0 Å². The Morgan fingerprint density at radius 2 is 2.21 bits per heavy atom. The van der Waals surface area contributed by atoms with Crippen molar-refractivity contribution in [2.45, 2.75) is 6.54 Å². The smallest absolute Gasteiger partial charge is 0.304 e. The van der Waals surface area contributed by atoms with Gasteiger partial charge in [0.15, 0.2) is 4.77 Å². The van der Waals surface area contributed by atoms with Crippen molar-refractivity contribution in [3.63, 3.8) is 0 Å². The number of hydrogen-bond acceptors (Lipinski definition) is 3. The first kappa shape index (κ1) is 12.6. The van der Waals surface area contributed by atoms with Crippen LogP contribution in [0.5, 0.6) is 0 Å². The number of benzene rings is 1. The van der Waals surface area contributed by atoms with Gasteiger partial charge < -0.3 is 14.5 Å². The summed E-state index contributed by atoms with van der Waals surface area (Å²) in [7, 11) is 0. The van der Waals surface area contributed by atoms with Gasteiger partial charge in [-0.15, -0.1) is 0 Å². The first-order chi connectivity index (χ1) is 9.04. The van der Waals surface area contributed by atoms with E-state index in [1.807, 2.05) is 0 Å². The first-order valence-corrected chi connectivity index (χ1v) is 6.95. The van der Waals surface area contributed by atoms with Gasteiger partial charge in [-0.05, 0) is 18.3 Å². The molecule has 0 saturated heterocycles. The van der Waals surface area contributed by atoms with E-state index < -0.39 is 5.82 Å². The Morgan fingerprint density at radius 3 is 2.89 bits per heavy atom. The fourth-order valence-electron chi connectivity index (χ4n) is 1.87. The zero-order valence-electron chi connectivity index (χ0n) is 9.37. The van der Waals surface area contributed by atoms with Crippen molar-refractivity contribution in [2.75, 3.05) is 0 Å². The summed E-state index contributed by atoms with van der Waals surface area (Å²) in [6.07, 6.45) is 0. The Hall–Kier alpha value is -1.44. The molecule has 0 bridgehead atoms. The first-order valence-electron chi connectivity index (χ1n) is 5.29. The van der Waals surface area contributed by atoms with Crippen LogP contribution in [0.3, 0.4) is 0 Å². The number of halogens is 2. The van der Waals surface area contributed by atoms with Gasteiger partial charge in [-0.25, -0.2) is 4.39 Å². The lowest BCUT2D eigenvalue weighted by Crippen LogP contribution is -2.03. The van der Waals surface area contributed by atoms with E-state index in [9.17, 15) is 9.18 Å². The molecule has 2 heterocycles. The monoisotopic (exact) mass is 315 g/mol. The van der Waals surface area contributed by atoms with Crippen LogP contribution in [0.1, 0.15) is 5.69 Å². The third-order valence-electron chi connectivity index (χ3n) is 2.72. The van der Waals surface area contributed by atoms with Gasteiger partial charge in [0.05, 0.1) is 22.6 Å². The minimum atomic E-state index is -0.499. The molecule has 0 radical (unpaired) electrons. The topological polar surface area (TPSA) is 53.6 Å². The number of H-pyrrole nitrogens is 2. The summed E-state index contributed by atoms with van der Waals surface area (Å²) in [5.74, 6) is -0.499. The number of fused-ring (bicyclic) bond motifs is 1. The number of aromatic nitrogens is 3. The van der Waals surface area contributed by atoms with Gasteiger partial charge in [0.2, 0.25) is 0 Å². The van der Waals surface area contributed by atoms with Crippen LogP contribution in [0.25, 0.3) is 11.0 Å². The van der Waals surface area contributed by atoms with Gasteiger partial charge in [-0.2, -0.15) is 0 Å². The SMILES string of the molecule is O=c1[nH]c(Cn2c(=S)[nH]c3cc(F)c(Cl)cc32)cs1. The molecule has 0 amide bonds. The number of nitrogens with one attached hydrogen (secondary N) is 2. The Bertz CT molecular complexity index is 876. The summed E-state index contributed by atoms with van der Waals surface area (Å²) in [6.45, 7) is 0.402. The number of hydrogen-bond donors (Lipinski definition) is 2. The average molecular weight is 316 g/mol. The maximum atomic E-state index is 13.4. The van der Waals surface area contributed by atoms with Crippen molar-refractivity contribution in [2.24, 2.45) is 0 Å². The molecule has 0 atom stereocenters. The highest BCUT2D eigenvalue weighted by Crippen LogP contribution is 2.23. The van der Waals surface area contributed by atoms with Crippen LogP contribution in [0.2, 0.25) is 5.02 Å². The molecule has 8 heteroatoms. The normalized spacial score (nSPS) is 11.3. The predicted molar refractivity (Wildman–Crippen MR) is 76.1 cm³/mol. The standard InChI is InChI=1S/C11H7ClFN3OS2/c12-6-1-9-8(2-7(6)13)15-10(18)16(9)3-5-4-19-11(17)14-5/h1-2,4H,3H2,(H,14,17)(H,15,18). The van der Waals surface area contributed by atoms with Crippen LogP contribution in [0.4, 0.5) is 4.39 Å². The molecule has 0 aliphatic carbocycles. The van der Waals surface area contributed by atoms with Gasteiger partial charge in [0, 0.05) is 17.1 Å².